The largest absolute Gasteiger partial charge is 0.399 e. The predicted molar refractivity (Wildman–Crippen MR) is 131 cm³/mol. The van der Waals surface area contributed by atoms with Crippen molar-refractivity contribution in [1.82, 2.24) is 20.2 Å². The predicted octanol–water partition coefficient (Wildman–Crippen LogP) is 2.02. The Bertz CT molecular complexity index is 1170. The summed E-state index contributed by atoms with van der Waals surface area (Å²) in [6, 6.07) is 11.9. The summed E-state index contributed by atoms with van der Waals surface area (Å²) in [7, 11) is 0. The number of hydrogen-bond donors (Lipinski definition) is 4. The molecular weight excluding hydrogens is 436 g/mol. The number of rotatable bonds is 6. The van der Waals surface area contributed by atoms with Gasteiger partial charge in [-0.1, -0.05) is 0 Å². The van der Waals surface area contributed by atoms with E-state index in [0.29, 0.717) is 24.7 Å². The van der Waals surface area contributed by atoms with Crippen molar-refractivity contribution in [2.45, 2.75) is 36.4 Å². The number of carbonyl (C=O) groups is 1. The van der Waals surface area contributed by atoms with Gasteiger partial charge in [0.05, 0.1) is 28.0 Å². The summed E-state index contributed by atoms with van der Waals surface area (Å²) in [5, 5.41) is 18.1. The molecule has 0 spiro atoms. The highest BCUT2D eigenvalue weighted by Gasteiger charge is 2.27. The molecule has 2 aliphatic rings. The summed E-state index contributed by atoms with van der Waals surface area (Å²) in [5.74, 6) is 1.05. The number of thioether (sulfide) groups is 1. The standard InChI is InChI=1S/C24H28N6O2S/c25-16-1-3-19-18(11-16)15(5-8-26-19)6-9-30-10-7-20(21(31)13-30)27-12-17-2-4-22-24(28-17)29-23(32)14-33-22/h1-5,8,11,20-21,27,31H,6-7,9-10,12-14,25H2,(H,28,29,32)/t20-,21+/m0/s1. The van der Waals surface area contributed by atoms with Gasteiger partial charge in [-0.3, -0.25) is 9.78 Å². The molecule has 3 aromatic rings. The minimum atomic E-state index is -0.448. The number of nitrogen functional groups attached to an aromatic ring is 1. The first-order chi connectivity index (χ1) is 16.0. The molecule has 0 saturated carbocycles. The van der Waals surface area contributed by atoms with Crippen molar-refractivity contribution in [3.05, 3.63) is 53.9 Å². The van der Waals surface area contributed by atoms with Crippen LogP contribution in [0.25, 0.3) is 10.9 Å². The van der Waals surface area contributed by atoms with Crippen LogP contribution < -0.4 is 16.4 Å². The number of piperidine rings is 1. The quantitative estimate of drug-likeness (QED) is 0.410. The van der Waals surface area contributed by atoms with Gasteiger partial charge in [0.25, 0.3) is 0 Å². The van der Waals surface area contributed by atoms with E-state index in [0.717, 1.165) is 53.1 Å². The molecule has 8 nitrogen and oxygen atoms in total. The zero-order chi connectivity index (χ0) is 22.8. The molecule has 0 aliphatic carbocycles. The monoisotopic (exact) mass is 464 g/mol. The Hall–Kier alpha value is -2.72. The van der Waals surface area contributed by atoms with Gasteiger partial charge < -0.3 is 26.4 Å². The highest BCUT2D eigenvalue weighted by molar-refractivity contribution is 8.00. The molecule has 2 aromatic heterocycles. The van der Waals surface area contributed by atoms with Crippen molar-refractivity contribution < 1.29 is 9.90 Å². The molecule has 2 atom stereocenters. The second-order valence-corrected chi connectivity index (χ2v) is 9.64. The SMILES string of the molecule is Nc1ccc2nccc(CCN3CC[C@H](NCc4ccc5c(n4)NC(=O)CS5)[C@H](O)C3)c2c1. The molecule has 1 saturated heterocycles. The molecule has 5 N–H and O–H groups in total. The number of carbonyl (C=O) groups excluding carboxylic acids is 1. The van der Waals surface area contributed by atoms with Gasteiger partial charge in [-0.05, 0) is 61.3 Å². The summed E-state index contributed by atoms with van der Waals surface area (Å²) in [6.45, 7) is 2.98. The van der Waals surface area contributed by atoms with Gasteiger partial charge in [0.15, 0.2) is 0 Å². The van der Waals surface area contributed by atoms with Crippen LogP contribution in [0.4, 0.5) is 11.5 Å². The second-order valence-electron chi connectivity index (χ2n) is 8.63. The van der Waals surface area contributed by atoms with E-state index in [1.165, 1.54) is 17.3 Å². The molecule has 0 radical (unpaired) electrons. The van der Waals surface area contributed by atoms with Crippen LogP contribution in [-0.4, -0.2) is 63.4 Å². The number of hydrogen-bond acceptors (Lipinski definition) is 8. The summed E-state index contributed by atoms with van der Waals surface area (Å²) >= 11 is 1.51. The molecule has 1 amide bonds. The first-order valence-electron chi connectivity index (χ1n) is 11.2. The van der Waals surface area contributed by atoms with E-state index in [9.17, 15) is 9.90 Å². The number of nitrogens with one attached hydrogen (secondary N) is 2. The summed E-state index contributed by atoms with van der Waals surface area (Å²) in [6.07, 6.45) is 3.15. The molecular formula is C24H28N6O2S. The van der Waals surface area contributed by atoms with Gasteiger partial charge >= 0.3 is 0 Å². The number of fused-ring (bicyclic) bond motifs is 2. The minimum Gasteiger partial charge on any atom is -0.399 e. The van der Waals surface area contributed by atoms with Crippen LogP contribution in [0, 0.1) is 0 Å². The molecule has 2 aliphatic heterocycles. The van der Waals surface area contributed by atoms with E-state index in [1.54, 1.807) is 0 Å². The minimum absolute atomic E-state index is 0.0175. The number of nitrogens with two attached hydrogens (primary N) is 1. The fourth-order valence-corrected chi connectivity index (χ4v) is 5.25. The van der Waals surface area contributed by atoms with Crippen LogP contribution in [0.15, 0.2) is 47.5 Å². The first kappa shape index (κ1) is 22.1. The smallest absolute Gasteiger partial charge is 0.235 e. The zero-order valence-electron chi connectivity index (χ0n) is 18.3. The average Bonchev–Trinajstić information content (AvgIpc) is 2.82. The number of nitrogens with zero attached hydrogens (tertiary/aromatic N) is 3. The van der Waals surface area contributed by atoms with Gasteiger partial charge in [0.2, 0.25) is 5.91 Å². The van der Waals surface area contributed by atoms with E-state index >= 15 is 0 Å². The molecule has 172 valence electrons. The number of benzene rings is 1. The van der Waals surface area contributed by atoms with Crippen molar-refractivity contribution in [3.63, 3.8) is 0 Å². The van der Waals surface area contributed by atoms with Crippen LogP contribution in [0.1, 0.15) is 17.7 Å². The van der Waals surface area contributed by atoms with Crippen LogP contribution >= 0.6 is 11.8 Å². The lowest BCUT2D eigenvalue weighted by atomic mass is 10.00. The number of aliphatic hydroxyl groups is 1. The zero-order valence-corrected chi connectivity index (χ0v) is 19.1. The number of pyridine rings is 2. The molecule has 1 aromatic carbocycles. The molecule has 1 fully saturated rings. The van der Waals surface area contributed by atoms with E-state index < -0.39 is 6.10 Å². The van der Waals surface area contributed by atoms with Crippen LogP contribution in [0.3, 0.4) is 0 Å². The van der Waals surface area contributed by atoms with Crippen LogP contribution in [0.5, 0.6) is 0 Å². The number of likely N-dealkylation sites (tertiary alicyclic amines) is 1. The Morgan fingerprint density at radius 3 is 3.06 bits per heavy atom. The lowest BCUT2D eigenvalue weighted by Crippen LogP contribution is -2.52. The Balaban J connectivity index is 1.14. The summed E-state index contributed by atoms with van der Waals surface area (Å²) < 4.78 is 0. The maximum Gasteiger partial charge on any atom is 0.235 e. The highest BCUT2D eigenvalue weighted by atomic mass is 32.2. The fourth-order valence-electron chi connectivity index (χ4n) is 4.49. The molecule has 9 heteroatoms. The number of aliphatic hydroxyl groups excluding tert-OH is 1. The van der Waals surface area contributed by atoms with E-state index in [4.69, 9.17) is 5.73 Å². The van der Waals surface area contributed by atoms with E-state index in [2.05, 4.69) is 31.6 Å². The van der Waals surface area contributed by atoms with Gasteiger partial charge in [0.1, 0.15) is 5.82 Å². The Morgan fingerprint density at radius 1 is 1.27 bits per heavy atom. The average molecular weight is 465 g/mol. The van der Waals surface area contributed by atoms with E-state index in [-0.39, 0.29) is 11.9 Å². The number of β-amino-alcohol motifs (C(OH)–C–C–N with tert-alkyl or cyclic N) is 1. The van der Waals surface area contributed by atoms with Gasteiger partial charge in [-0.25, -0.2) is 4.98 Å². The first-order valence-corrected chi connectivity index (χ1v) is 12.2. The molecule has 5 rings (SSSR count). The number of amides is 1. The van der Waals surface area contributed by atoms with Gasteiger partial charge in [-0.15, -0.1) is 11.8 Å². The Labute approximate surface area is 197 Å². The second kappa shape index (κ2) is 9.64. The summed E-state index contributed by atoms with van der Waals surface area (Å²) in [5.41, 5.74) is 9.76. The van der Waals surface area contributed by atoms with Crippen molar-refractivity contribution in [3.8, 4) is 0 Å². The van der Waals surface area contributed by atoms with Gasteiger partial charge in [0, 0.05) is 42.9 Å². The van der Waals surface area contributed by atoms with E-state index in [1.807, 2.05) is 36.5 Å². The van der Waals surface area contributed by atoms with Crippen molar-refractivity contribution in [2.75, 3.05) is 36.4 Å². The molecule has 0 bridgehead atoms. The highest BCUT2D eigenvalue weighted by Crippen LogP contribution is 2.29. The number of aromatic nitrogens is 2. The van der Waals surface area contributed by atoms with Gasteiger partial charge in [-0.2, -0.15) is 0 Å². The maximum atomic E-state index is 11.6. The van der Waals surface area contributed by atoms with Crippen molar-refractivity contribution >= 4 is 40.1 Å². The third kappa shape index (κ3) is 5.11. The third-order valence-electron chi connectivity index (χ3n) is 6.30. The Kier molecular flexibility index (Phi) is 6.45. The normalized spacial score (nSPS) is 21.1. The molecule has 4 heterocycles. The summed E-state index contributed by atoms with van der Waals surface area (Å²) in [4.78, 5) is 23.9. The molecule has 33 heavy (non-hydrogen) atoms. The maximum absolute atomic E-state index is 11.6. The molecule has 0 unspecified atom stereocenters. The van der Waals surface area contributed by atoms with Crippen LogP contribution in [0.2, 0.25) is 0 Å². The lowest BCUT2D eigenvalue weighted by Gasteiger charge is -2.36. The van der Waals surface area contributed by atoms with Crippen LogP contribution in [-0.2, 0) is 17.8 Å². The topological polar surface area (TPSA) is 116 Å². The lowest BCUT2D eigenvalue weighted by molar-refractivity contribution is -0.113. The third-order valence-corrected chi connectivity index (χ3v) is 7.34. The van der Waals surface area contributed by atoms with Crippen molar-refractivity contribution in [2.24, 2.45) is 0 Å². The van der Waals surface area contributed by atoms with Crippen molar-refractivity contribution in [1.29, 1.82) is 0 Å². The fraction of sp³-hybridized carbons (Fsp3) is 0.375. The number of anilines is 2. The Morgan fingerprint density at radius 2 is 2.18 bits per heavy atom.